The lowest BCUT2D eigenvalue weighted by atomic mass is 9.71. The van der Waals surface area contributed by atoms with Crippen molar-refractivity contribution < 1.29 is 45.4 Å². The Balaban J connectivity index is 0.967. The molecule has 0 radical (unpaired) electrons. The van der Waals surface area contributed by atoms with Crippen LogP contribution in [0.1, 0.15) is 109 Å². The minimum absolute atomic E-state index is 0.0462. The van der Waals surface area contributed by atoms with Crippen LogP contribution in [0.3, 0.4) is 0 Å². The molecule has 0 aromatic carbocycles. The molecule has 5 saturated carbocycles. The van der Waals surface area contributed by atoms with Gasteiger partial charge in [0.2, 0.25) is 11.8 Å². The number of halogens is 6. The maximum absolute atomic E-state index is 14.4. The van der Waals surface area contributed by atoms with Crippen molar-refractivity contribution in [2.75, 3.05) is 19.7 Å². The molecule has 6 atom stereocenters. The zero-order chi connectivity index (χ0) is 34.2. The molecule has 2 saturated heterocycles. The molecule has 7 fully saturated rings. The Morgan fingerprint density at radius 1 is 0.792 bits per heavy atom. The van der Waals surface area contributed by atoms with Crippen LogP contribution in [0.25, 0.3) is 0 Å². The SMILES string of the molecule is O=C(COC1CCC(C2CCCCCC2)(C(F)(F)F)NC1)NC1CC2(NC(=O)C3NCC(OC(F)(F)F)CC3C3CCCCC3)CC1C2. The van der Waals surface area contributed by atoms with Crippen molar-refractivity contribution in [2.45, 2.75) is 157 Å². The normalized spacial score (nSPS) is 38.5. The molecule has 2 aliphatic heterocycles. The molecule has 2 heterocycles. The molecule has 5 aliphatic carbocycles. The first-order chi connectivity index (χ1) is 22.8. The average molecular weight is 695 g/mol. The van der Waals surface area contributed by atoms with Crippen LogP contribution in [-0.4, -0.2) is 79.4 Å². The van der Waals surface area contributed by atoms with Gasteiger partial charge < -0.3 is 26.0 Å². The van der Waals surface area contributed by atoms with Crippen molar-refractivity contribution in [3.63, 3.8) is 0 Å². The molecule has 6 unspecified atom stereocenters. The van der Waals surface area contributed by atoms with Crippen LogP contribution in [0.15, 0.2) is 0 Å². The highest BCUT2D eigenvalue weighted by atomic mass is 19.4. The van der Waals surface area contributed by atoms with Gasteiger partial charge in [0.1, 0.15) is 12.1 Å². The van der Waals surface area contributed by atoms with E-state index in [4.69, 9.17) is 4.74 Å². The van der Waals surface area contributed by atoms with Gasteiger partial charge in [-0.15, -0.1) is 13.2 Å². The Kier molecular flexibility index (Phi) is 11.0. The third kappa shape index (κ3) is 8.12. The molecule has 0 aromatic rings. The number of carbonyl (C=O) groups is 2. The summed E-state index contributed by atoms with van der Waals surface area (Å²) in [5.41, 5.74) is -2.37. The van der Waals surface area contributed by atoms with Gasteiger partial charge in [0.25, 0.3) is 0 Å². The van der Waals surface area contributed by atoms with Crippen molar-refractivity contribution in [3.05, 3.63) is 0 Å². The fourth-order valence-electron chi connectivity index (χ4n) is 10.2. The smallest absolute Gasteiger partial charge is 0.367 e. The molecule has 7 rings (SSSR count). The van der Waals surface area contributed by atoms with Crippen LogP contribution in [0.5, 0.6) is 0 Å². The summed E-state index contributed by atoms with van der Waals surface area (Å²) < 4.78 is 92.3. The average Bonchev–Trinajstić information content (AvgIpc) is 3.37. The molecule has 14 heteroatoms. The van der Waals surface area contributed by atoms with Gasteiger partial charge in [-0.1, -0.05) is 57.8 Å². The molecule has 274 valence electrons. The molecule has 0 spiro atoms. The van der Waals surface area contributed by atoms with Gasteiger partial charge in [0.15, 0.2) is 0 Å². The summed E-state index contributed by atoms with van der Waals surface area (Å²) in [4.78, 5) is 26.5. The summed E-state index contributed by atoms with van der Waals surface area (Å²) in [5, 5.41) is 12.1. The topological polar surface area (TPSA) is 101 Å². The van der Waals surface area contributed by atoms with E-state index >= 15 is 0 Å². The van der Waals surface area contributed by atoms with E-state index in [1.54, 1.807) is 0 Å². The van der Waals surface area contributed by atoms with Crippen molar-refractivity contribution in [1.82, 2.24) is 21.3 Å². The highest BCUT2D eigenvalue weighted by molar-refractivity contribution is 5.83. The maximum atomic E-state index is 14.4. The zero-order valence-corrected chi connectivity index (χ0v) is 27.7. The van der Waals surface area contributed by atoms with Crippen LogP contribution < -0.4 is 21.3 Å². The van der Waals surface area contributed by atoms with Gasteiger partial charge in [0, 0.05) is 24.7 Å². The van der Waals surface area contributed by atoms with Gasteiger partial charge >= 0.3 is 12.5 Å². The third-order valence-corrected chi connectivity index (χ3v) is 12.6. The van der Waals surface area contributed by atoms with Gasteiger partial charge in [-0.2, -0.15) is 13.2 Å². The van der Waals surface area contributed by atoms with Gasteiger partial charge in [-0.05, 0) is 75.0 Å². The Bertz CT molecular complexity index is 1110. The van der Waals surface area contributed by atoms with Crippen LogP contribution >= 0.6 is 0 Å². The largest absolute Gasteiger partial charge is 0.522 e. The second kappa shape index (κ2) is 14.5. The number of hydrogen-bond acceptors (Lipinski definition) is 6. The standard InChI is InChI=1S/C34H52F6N4O4/c35-33(36,37)32(23-10-6-1-2-7-11-23)13-12-24(19-42-32)47-20-28(45)43-27-17-31(15-22(27)16-31)44-30(46)29-26(21-8-4-3-5-9-21)14-25(18-41-29)48-34(38,39)40/h21-27,29,41-42H,1-20H2,(H,43,45)(H,44,46). The summed E-state index contributed by atoms with van der Waals surface area (Å²) in [6.07, 6.45) is 1.32. The highest BCUT2D eigenvalue weighted by Gasteiger charge is 2.60. The number of rotatable bonds is 9. The summed E-state index contributed by atoms with van der Waals surface area (Å²) in [6.45, 7) is -0.248. The lowest BCUT2D eigenvalue weighted by molar-refractivity contribution is -0.345. The second-order valence-corrected chi connectivity index (χ2v) is 15.7. The number of amides is 2. The number of ether oxygens (including phenoxy) is 2. The molecule has 4 N–H and O–H groups in total. The summed E-state index contributed by atoms with van der Waals surface area (Å²) in [7, 11) is 0. The molecule has 48 heavy (non-hydrogen) atoms. The van der Waals surface area contributed by atoms with E-state index in [1.165, 1.54) is 0 Å². The Labute approximate surface area is 278 Å². The highest BCUT2D eigenvalue weighted by Crippen LogP contribution is 2.52. The monoisotopic (exact) mass is 694 g/mol. The van der Waals surface area contributed by atoms with Crippen molar-refractivity contribution in [3.8, 4) is 0 Å². The molecule has 2 bridgehead atoms. The van der Waals surface area contributed by atoms with E-state index in [0.29, 0.717) is 32.1 Å². The van der Waals surface area contributed by atoms with Gasteiger partial charge in [0.05, 0.1) is 18.2 Å². The molecule has 2 amide bonds. The summed E-state index contributed by atoms with van der Waals surface area (Å²) in [5.74, 6) is -0.880. The Hall–Kier alpha value is -1.64. The maximum Gasteiger partial charge on any atom is 0.522 e. The molecular weight excluding hydrogens is 642 g/mol. The quantitative estimate of drug-likeness (QED) is 0.184. The zero-order valence-electron chi connectivity index (χ0n) is 27.7. The predicted molar refractivity (Wildman–Crippen MR) is 165 cm³/mol. The second-order valence-electron chi connectivity index (χ2n) is 15.7. The van der Waals surface area contributed by atoms with Crippen LogP contribution in [0.4, 0.5) is 26.3 Å². The molecular formula is C34H52F6N4O4. The Morgan fingerprint density at radius 2 is 1.46 bits per heavy atom. The van der Waals surface area contributed by atoms with Crippen molar-refractivity contribution >= 4 is 11.8 Å². The number of alkyl halides is 6. The minimum atomic E-state index is -4.73. The van der Waals surface area contributed by atoms with E-state index in [0.717, 1.165) is 57.8 Å². The first-order valence-electron chi connectivity index (χ1n) is 18.3. The molecule has 0 aromatic heterocycles. The lowest BCUT2D eigenvalue weighted by Crippen LogP contribution is -2.65. The number of fused-ring (bicyclic) bond motifs is 1. The Morgan fingerprint density at radius 3 is 2.08 bits per heavy atom. The fourth-order valence-corrected chi connectivity index (χ4v) is 10.2. The van der Waals surface area contributed by atoms with E-state index in [9.17, 15) is 35.9 Å². The fraction of sp³-hybridized carbons (Fsp3) is 0.941. The first-order valence-corrected chi connectivity index (χ1v) is 18.3. The predicted octanol–water partition coefficient (Wildman–Crippen LogP) is 5.64. The van der Waals surface area contributed by atoms with Crippen molar-refractivity contribution in [2.24, 2.45) is 23.7 Å². The van der Waals surface area contributed by atoms with Crippen molar-refractivity contribution in [1.29, 1.82) is 0 Å². The first kappa shape index (κ1) is 36.2. The van der Waals surface area contributed by atoms with E-state index in [2.05, 4.69) is 26.0 Å². The number of nitrogens with one attached hydrogen (secondary N) is 4. The number of carbonyl (C=O) groups excluding carboxylic acids is 2. The molecule has 8 nitrogen and oxygen atoms in total. The summed E-state index contributed by atoms with van der Waals surface area (Å²) in [6, 6.07) is -0.753. The third-order valence-electron chi connectivity index (χ3n) is 12.6. The number of hydrogen-bond donors (Lipinski definition) is 4. The van der Waals surface area contributed by atoms with E-state index in [1.807, 2.05) is 0 Å². The van der Waals surface area contributed by atoms with Gasteiger partial charge in [-0.25, -0.2) is 0 Å². The van der Waals surface area contributed by atoms with E-state index in [-0.39, 0.29) is 74.6 Å². The van der Waals surface area contributed by atoms with Crippen LogP contribution in [0.2, 0.25) is 0 Å². The van der Waals surface area contributed by atoms with Crippen LogP contribution in [-0.2, 0) is 19.1 Å². The van der Waals surface area contributed by atoms with E-state index < -0.39 is 47.8 Å². The van der Waals surface area contributed by atoms with Crippen LogP contribution in [0, 0.1) is 23.7 Å². The lowest BCUT2D eigenvalue weighted by Gasteiger charge is -2.47. The van der Waals surface area contributed by atoms with Gasteiger partial charge in [-0.3, -0.25) is 14.3 Å². The number of piperidine rings is 2. The summed E-state index contributed by atoms with van der Waals surface area (Å²) >= 11 is 0. The molecule has 7 aliphatic rings. The minimum Gasteiger partial charge on any atom is -0.367 e.